The van der Waals surface area contributed by atoms with Crippen LogP contribution in [0.25, 0.3) is 44.1 Å². The monoisotopic (exact) mass is 2060 g/mol. The molecule has 0 bridgehead atoms. The van der Waals surface area contributed by atoms with Crippen molar-refractivity contribution < 1.29 is 58.6 Å². The number of carbonyl (C=O) groups is 4. The molecule has 145 heavy (non-hydrogen) atoms. The molecule has 24 nitrogen and oxygen atoms in total. The molecule has 16 fully saturated rings. The van der Waals surface area contributed by atoms with E-state index in [2.05, 4.69) is 118 Å². The normalized spacial score (nSPS) is 41.3. The third-order valence-corrected chi connectivity index (χ3v) is 45.6. The summed E-state index contributed by atoms with van der Waals surface area (Å²) in [7, 11) is 6.57. The fourth-order valence-electron chi connectivity index (χ4n) is 37.2. The molecular weight excluding hydrogens is 1880 g/mol. The largest absolute Gasteiger partial charge is 0.497 e. The van der Waals surface area contributed by atoms with Gasteiger partial charge >= 0.3 is 0 Å². The van der Waals surface area contributed by atoms with Crippen LogP contribution in [0.4, 0.5) is 0 Å². The Morgan fingerprint density at radius 3 is 0.986 bits per heavy atom. The second-order valence-electron chi connectivity index (χ2n) is 52.1. The Bertz CT molecular complexity index is 5920. The molecule has 4 aromatic carbocycles. The summed E-state index contributed by atoms with van der Waals surface area (Å²) >= 11 is 3.43. The van der Waals surface area contributed by atoms with Crippen molar-refractivity contribution in [1.29, 1.82) is 0 Å². The molecule has 0 aliphatic heterocycles. The average molecular weight is 2060 g/mol. The quantitative estimate of drug-likeness (QED) is 0.0595. The summed E-state index contributed by atoms with van der Waals surface area (Å²) in [5.74, 6) is 16.4. The van der Waals surface area contributed by atoms with E-state index in [1.165, 1.54) is 116 Å². The third-order valence-electron chi connectivity index (χ3n) is 45.0. The molecule has 24 rings (SSSR count). The molecule has 16 aliphatic carbocycles. The molecule has 8 aromatic rings. The zero-order chi connectivity index (χ0) is 99.5. The van der Waals surface area contributed by atoms with Crippen molar-refractivity contribution in [1.82, 2.24) is 60.4 Å². The highest BCUT2D eigenvalue weighted by Crippen LogP contribution is 2.74. The van der Waals surface area contributed by atoms with Crippen LogP contribution in [-0.2, 0) is 38.8 Å². The van der Waals surface area contributed by atoms with Crippen LogP contribution in [0.5, 0.6) is 23.0 Å². The minimum absolute atomic E-state index is 0. The Labute approximate surface area is 873 Å². The van der Waals surface area contributed by atoms with Crippen LogP contribution in [0.15, 0.2) is 72.8 Å². The highest BCUT2D eigenvalue weighted by Gasteiger charge is 2.68. The number of benzene rings is 4. The molecule has 0 spiro atoms. The van der Waals surface area contributed by atoms with Gasteiger partial charge < -0.3 is 39.4 Å². The minimum Gasteiger partial charge on any atom is -0.497 e. The lowest BCUT2D eigenvalue weighted by molar-refractivity contribution is -0.151. The smallest absolute Gasteiger partial charge is 0.159 e. The Balaban J connectivity index is 0.000000133. The molecule has 0 saturated heterocycles. The molecule has 16 saturated carbocycles. The number of carbonyl (C=O) groups excluding carboxylic acids is 4. The van der Waals surface area contributed by atoms with E-state index in [1.807, 2.05) is 100 Å². The van der Waals surface area contributed by atoms with Gasteiger partial charge in [-0.05, 0) is 445 Å². The Kier molecular flexibility index (Phi) is 31.5. The first-order valence-electron chi connectivity index (χ1n) is 55.1. The first kappa shape index (κ1) is 110. The number of methoxy groups -OCH3 is 4. The van der Waals surface area contributed by atoms with E-state index in [0.717, 1.165) is 236 Å². The number of hydrogen-bond donors (Lipinski definition) is 5. The fraction of sp³-hybridized carbons (Fsp3) is 0.767. The number of alkyl halides is 1. The number of nitrogens with zero attached hydrogens (tertiary/aromatic N) is 11. The van der Waals surface area contributed by atoms with Crippen LogP contribution in [0, 0.1) is 162 Å². The van der Waals surface area contributed by atoms with E-state index in [4.69, 9.17) is 18.9 Å². The Morgan fingerprint density at radius 1 is 0.317 bits per heavy atom. The van der Waals surface area contributed by atoms with Crippen LogP contribution in [0.3, 0.4) is 0 Å². The SMILES string of the molecule is C.C.C.C.COc1ccc2c(c1)nnn2CC(=O)[C@H]1CC[C@H]2[C@@H]3CC[C@@H]4C[C@](C)(O)CC[C@]4(C)[C@H]3CC[C@]12C.COc1ccc2n[nH]nc2c1.COc1ccc2nn(CC(=O)[C@H]3CC[C@H]4[C@@H]5CC[C@@H]6C[C@](C)(O)CC[C@]6(C)[C@H]5CC[C@]34C)nc2c1.COc1ccc2nnn(CC(=O)[C@H]3CC[C@H]4[C@@H]5CC[C@@H]6C[C@](C)(O)CC[C@]6(C)[C@H]5CC[C@]34C)c2c1.C[C@@]1(O)CC[C@@]2(C)[C@H](CC[C@@H]3[C@@H]2CC[C@]2(C)[C@@H](C(=O)CBr)CC[C@@H]32)C1. The van der Waals surface area contributed by atoms with Gasteiger partial charge in [0.25, 0.3) is 0 Å². The van der Waals surface area contributed by atoms with Crippen molar-refractivity contribution in [2.75, 3.05) is 33.8 Å². The summed E-state index contributed by atoms with van der Waals surface area (Å²) in [6.45, 7) is 28.9. The van der Waals surface area contributed by atoms with Gasteiger partial charge in [-0.15, -0.1) is 10.2 Å². The first-order valence-corrected chi connectivity index (χ1v) is 56.2. The number of Topliss-reactive ketones (excluding diaryl/α,β-unsaturated/α-hetero) is 4. The number of hydrogen-bond acceptors (Lipinski definition) is 20. The van der Waals surface area contributed by atoms with Crippen molar-refractivity contribution in [3.05, 3.63) is 72.8 Å². The lowest BCUT2D eigenvalue weighted by Crippen LogP contribution is -2.55. The number of aromatic amines is 1. The number of ketones is 4. The van der Waals surface area contributed by atoms with E-state index < -0.39 is 22.4 Å². The second kappa shape index (κ2) is 41.3. The van der Waals surface area contributed by atoms with Crippen molar-refractivity contribution >= 4 is 83.2 Å². The summed E-state index contributed by atoms with van der Waals surface area (Å²) in [5.41, 5.74) is 6.68. The van der Waals surface area contributed by atoms with Crippen molar-refractivity contribution in [2.24, 2.45) is 162 Å². The van der Waals surface area contributed by atoms with E-state index in [1.54, 1.807) is 42.6 Å². The Morgan fingerprint density at radius 2 is 0.614 bits per heavy atom. The Hall–Kier alpha value is -7.32. The first-order chi connectivity index (χ1) is 67.0. The predicted molar refractivity (Wildman–Crippen MR) is 577 cm³/mol. The van der Waals surface area contributed by atoms with Crippen LogP contribution >= 0.6 is 15.9 Å². The summed E-state index contributed by atoms with van der Waals surface area (Å²) in [4.78, 5) is 55.2. The second-order valence-corrected chi connectivity index (χ2v) is 52.7. The molecule has 4 aromatic heterocycles. The van der Waals surface area contributed by atoms with Crippen molar-refractivity contribution in [3.63, 3.8) is 0 Å². The molecule has 0 amide bonds. The van der Waals surface area contributed by atoms with Gasteiger partial charge in [-0.25, -0.2) is 9.36 Å². The lowest BCUT2D eigenvalue weighted by atomic mass is 9.44. The fourth-order valence-corrected chi connectivity index (χ4v) is 37.6. The van der Waals surface area contributed by atoms with Crippen LogP contribution in [-0.4, -0.2) is 160 Å². The number of aliphatic hydroxyl groups is 4. The molecule has 0 unspecified atom stereocenters. The lowest BCUT2D eigenvalue weighted by Gasteiger charge is -2.61. The van der Waals surface area contributed by atoms with Gasteiger partial charge in [0.05, 0.1) is 67.2 Å². The minimum atomic E-state index is -0.486. The van der Waals surface area contributed by atoms with E-state index in [9.17, 15) is 39.6 Å². The number of halogens is 1. The van der Waals surface area contributed by atoms with E-state index >= 15 is 0 Å². The van der Waals surface area contributed by atoms with E-state index in [-0.39, 0.29) is 81.6 Å². The highest BCUT2D eigenvalue weighted by atomic mass is 79.9. The number of fused-ring (bicyclic) bond motifs is 24. The van der Waals surface area contributed by atoms with Crippen LogP contribution in [0.2, 0.25) is 0 Å². The molecule has 5 N–H and O–H groups in total. The highest BCUT2D eigenvalue weighted by molar-refractivity contribution is 9.09. The standard InChI is InChI=1S/3C29H41N3O3.C22H35BrO2.C7H7N3O.4CH4/c1-27(34)13-14-28(2)18(16-27)5-7-20-21-8-9-23(29(21,3)12-11-22(20)28)26(33)17-32-25-10-6-19(35-4)15-24(25)30-31-32;1-27(34)13-14-28(2)18(16-27)5-7-20-21-8-9-23(29(21,3)12-11-22(20)28)26(33)17-32-25-15-19(35-4)6-10-24(25)30-31-32;1-27(34)13-14-28(2)18(16-27)5-7-20-21-8-9-23(29(21,3)12-11-22(20)28)26(33)17-32-30-24-10-6-19(35-4)15-25(24)31-32;1-20(25)10-11-21(2)14(12-20)4-5-15-16-6-7-18(19(24)13-23)22(16,3)9-8-17(15)21;1-11-5-2-3-6-7(4-5)9-10-8-6;;;;/h3*6,10,15,18,20-23,34H,5,7-9,11-14,16-17H2,1-4H3;14-18,25H,4-13H2,1-3H3;2-4H,1H3,(H,8,9,10);4*1H4/t3*18-,20+,21+,22+,23-,27-,28+,29+;14-,15+,16+,17+,18-,20-,21+,22+;;;;;/m1111...../s1. The molecule has 0 radical (unpaired) electrons. The summed E-state index contributed by atoms with van der Waals surface area (Å²) in [6, 6.07) is 22.6. The van der Waals surface area contributed by atoms with Gasteiger partial charge in [-0.2, -0.15) is 30.4 Å². The van der Waals surface area contributed by atoms with Crippen molar-refractivity contribution in [2.45, 2.75) is 386 Å². The number of nitrogens with one attached hydrogen (secondary N) is 1. The molecule has 32 atom stereocenters. The van der Waals surface area contributed by atoms with E-state index in [0.29, 0.717) is 105 Å². The van der Waals surface area contributed by atoms with Gasteiger partial charge in [0, 0.05) is 47.9 Å². The average Bonchev–Trinajstić information content (AvgIpc) is 1.63. The maximum atomic E-state index is 13.7. The molecule has 16 aliphatic rings. The zero-order valence-corrected chi connectivity index (χ0v) is 89.2. The molecule has 25 heteroatoms. The summed E-state index contributed by atoms with van der Waals surface area (Å²) < 4.78 is 24.5. The van der Waals surface area contributed by atoms with Gasteiger partial charge in [-0.3, -0.25) is 19.2 Å². The van der Waals surface area contributed by atoms with Crippen LogP contribution < -0.4 is 18.9 Å². The maximum absolute atomic E-state index is 13.7. The number of aromatic nitrogens is 12. The van der Waals surface area contributed by atoms with Gasteiger partial charge in [0.1, 0.15) is 81.5 Å². The topological polar surface area (TPSA) is 320 Å². The number of H-pyrrole nitrogens is 1. The van der Waals surface area contributed by atoms with Crippen molar-refractivity contribution in [3.8, 4) is 23.0 Å². The summed E-state index contributed by atoms with van der Waals surface area (Å²) in [5, 5.41) is 80.0. The molecular formula is C120H181BrN12O12. The molecule has 4 heterocycles. The van der Waals surface area contributed by atoms with Gasteiger partial charge in [0.15, 0.2) is 17.3 Å². The van der Waals surface area contributed by atoms with Gasteiger partial charge in [0.2, 0.25) is 0 Å². The molecule has 800 valence electrons. The maximum Gasteiger partial charge on any atom is 0.159 e. The third kappa shape index (κ3) is 19.7. The number of ether oxygens (including phenoxy) is 4. The summed E-state index contributed by atoms with van der Waals surface area (Å²) in [6.07, 6.45) is 41.1. The van der Waals surface area contributed by atoms with Crippen LogP contribution in [0.1, 0.15) is 344 Å². The van der Waals surface area contributed by atoms with Gasteiger partial charge in [-0.1, -0.05) is 111 Å². The predicted octanol–water partition coefficient (Wildman–Crippen LogP) is 25.1. The zero-order valence-electron chi connectivity index (χ0n) is 87.6. The number of rotatable bonds is 15.